The second kappa shape index (κ2) is 6.25. The second-order valence-electron chi connectivity index (χ2n) is 4.50. The van der Waals surface area contributed by atoms with Gasteiger partial charge in [-0.25, -0.2) is 0 Å². The highest BCUT2D eigenvalue weighted by Gasteiger charge is 2.06. The zero-order chi connectivity index (χ0) is 13.7. The fraction of sp³-hybridized carbons (Fsp3) is 0.250. The summed E-state index contributed by atoms with van der Waals surface area (Å²) in [5, 5.41) is 12.4. The molecule has 2 aromatic rings. The summed E-state index contributed by atoms with van der Waals surface area (Å²) < 4.78 is 5.23. The smallest absolute Gasteiger partial charge is 0.119 e. The first kappa shape index (κ1) is 13.4. The van der Waals surface area contributed by atoms with Crippen molar-refractivity contribution < 1.29 is 9.84 Å². The van der Waals surface area contributed by atoms with Gasteiger partial charge in [-0.2, -0.15) is 0 Å². The molecule has 19 heavy (non-hydrogen) atoms. The SMILES string of the molecule is COc1cccc(C(C)Nc2ccc(CO)cc2)c1. The van der Waals surface area contributed by atoms with E-state index < -0.39 is 0 Å². The molecule has 2 rings (SSSR count). The molecular weight excluding hydrogens is 238 g/mol. The van der Waals surface area contributed by atoms with Crippen molar-refractivity contribution in [1.29, 1.82) is 0 Å². The lowest BCUT2D eigenvalue weighted by Gasteiger charge is -2.16. The van der Waals surface area contributed by atoms with Crippen LogP contribution >= 0.6 is 0 Å². The third kappa shape index (κ3) is 3.48. The van der Waals surface area contributed by atoms with Crippen molar-refractivity contribution in [2.75, 3.05) is 12.4 Å². The summed E-state index contributed by atoms with van der Waals surface area (Å²) in [4.78, 5) is 0. The molecule has 0 radical (unpaired) electrons. The number of ether oxygens (including phenoxy) is 1. The average molecular weight is 257 g/mol. The minimum atomic E-state index is 0.0751. The lowest BCUT2D eigenvalue weighted by molar-refractivity contribution is 0.282. The summed E-state index contributed by atoms with van der Waals surface area (Å²) in [5.74, 6) is 0.863. The molecule has 0 aliphatic rings. The van der Waals surface area contributed by atoms with Crippen LogP contribution < -0.4 is 10.1 Å². The van der Waals surface area contributed by atoms with Gasteiger partial charge < -0.3 is 15.2 Å². The largest absolute Gasteiger partial charge is 0.497 e. The zero-order valence-electron chi connectivity index (χ0n) is 11.3. The van der Waals surface area contributed by atoms with Crippen LogP contribution in [0.25, 0.3) is 0 Å². The normalized spacial score (nSPS) is 11.9. The molecule has 0 fully saturated rings. The van der Waals surface area contributed by atoms with Crippen LogP contribution in [0.1, 0.15) is 24.1 Å². The minimum absolute atomic E-state index is 0.0751. The van der Waals surface area contributed by atoms with E-state index in [2.05, 4.69) is 18.3 Å². The molecule has 0 bridgehead atoms. The summed E-state index contributed by atoms with van der Waals surface area (Å²) >= 11 is 0. The van der Waals surface area contributed by atoms with Crippen LogP contribution in [0.3, 0.4) is 0 Å². The first-order valence-corrected chi connectivity index (χ1v) is 6.33. The first-order chi connectivity index (χ1) is 9.22. The zero-order valence-corrected chi connectivity index (χ0v) is 11.3. The van der Waals surface area contributed by atoms with Crippen molar-refractivity contribution in [1.82, 2.24) is 0 Å². The standard InChI is InChI=1S/C16H19NO2/c1-12(14-4-3-5-16(10-14)19-2)17-15-8-6-13(11-18)7-9-15/h3-10,12,17-18H,11H2,1-2H3. The highest BCUT2D eigenvalue weighted by molar-refractivity contribution is 5.47. The summed E-state index contributed by atoms with van der Waals surface area (Å²) in [7, 11) is 1.67. The number of aliphatic hydroxyl groups is 1. The third-order valence-electron chi connectivity index (χ3n) is 3.11. The fourth-order valence-electron chi connectivity index (χ4n) is 1.95. The maximum absolute atomic E-state index is 9.01. The van der Waals surface area contributed by atoms with Gasteiger partial charge >= 0.3 is 0 Å². The molecule has 100 valence electrons. The van der Waals surface area contributed by atoms with Crippen molar-refractivity contribution >= 4 is 5.69 Å². The molecule has 3 nitrogen and oxygen atoms in total. The molecular formula is C16H19NO2. The number of hydrogen-bond donors (Lipinski definition) is 2. The van der Waals surface area contributed by atoms with Crippen LogP contribution in [-0.2, 0) is 6.61 Å². The minimum Gasteiger partial charge on any atom is -0.497 e. The molecule has 3 heteroatoms. The quantitative estimate of drug-likeness (QED) is 0.863. The summed E-state index contributed by atoms with van der Waals surface area (Å²) in [6.07, 6.45) is 0. The molecule has 0 saturated carbocycles. The van der Waals surface area contributed by atoms with E-state index in [4.69, 9.17) is 9.84 Å². The Hall–Kier alpha value is -2.00. The highest BCUT2D eigenvalue weighted by atomic mass is 16.5. The molecule has 0 aromatic heterocycles. The molecule has 0 heterocycles. The van der Waals surface area contributed by atoms with E-state index in [1.165, 1.54) is 5.56 Å². The van der Waals surface area contributed by atoms with Crippen molar-refractivity contribution in [3.05, 3.63) is 59.7 Å². The molecule has 1 atom stereocenters. The van der Waals surface area contributed by atoms with E-state index in [0.29, 0.717) is 0 Å². The molecule has 0 aliphatic carbocycles. The van der Waals surface area contributed by atoms with E-state index >= 15 is 0 Å². The second-order valence-corrected chi connectivity index (χ2v) is 4.50. The topological polar surface area (TPSA) is 41.5 Å². The molecule has 1 unspecified atom stereocenters. The van der Waals surface area contributed by atoms with E-state index in [-0.39, 0.29) is 12.6 Å². The lowest BCUT2D eigenvalue weighted by atomic mass is 10.1. The van der Waals surface area contributed by atoms with E-state index in [0.717, 1.165) is 17.0 Å². The Balaban J connectivity index is 2.08. The van der Waals surface area contributed by atoms with E-state index in [1.807, 2.05) is 42.5 Å². The number of hydrogen-bond acceptors (Lipinski definition) is 3. The molecule has 0 spiro atoms. The predicted molar refractivity (Wildman–Crippen MR) is 77.4 cm³/mol. The first-order valence-electron chi connectivity index (χ1n) is 6.33. The van der Waals surface area contributed by atoms with E-state index in [9.17, 15) is 0 Å². The Morgan fingerprint density at radius 3 is 2.53 bits per heavy atom. The van der Waals surface area contributed by atoms with Crippen LogP contribution in [0, 0.1) is 0 Å². The molecule has 0 aliphatic heterocycles. The summed E-state index contributed by atoms with van der Waals surface area (Å²) in [6.45, 7) is 2.18. The van der Waals surface area contributed by atoms with Crippen molar-refractivity contribution in [2.24, 2.45) is 0 Å². The molecule has 2 N–H and O–H groups in total. The molecule has 0 amide bonds. The van der Waals surface area contributed by atoms with Gasteiger partial charge in [0, 0.05) is 11.7 Å². The lowest BCUT2D eigenvalue weighted by Crippen LogP contribution is -2.06. The van der Waals surface area contributed by atoms with Crippen LogP contribution in [0.4, 0.5) is 5.69 Å². The van der Waals surface area contributed by atoms with Gasteiger partial charge in [-0.15, -0.1) is 0 Å². The number of methoxy groups -OCH3 is 1. The van der Waals surface area contributed by atoms with Gasteiger partial charge in [-0.05, 0) is 42.3 Å². The van der Waals surface area contributed by atoms with Crippen molar-refractivity contribution in [3.8, 4) is 5.75 Å². The van der Waals surface area contributed by atoms with Crippen LogP contribution in [0.15, 0.2) is 48.5 Å². The van der Waals surface area contributed by atoms with Crippen molar-refractivity contribution in [3.63, 3.8) is 0 Å². The maximum atomic E-state index is 9.01. The van der Waals surface area contributed by atoms with Gasteiger partial charge in [0.25, 0.3) is 0 Å². The third-order valence-corrected chi connectivity index (χ3v) is 3.11. The van der Waals surface area contributed by atoms with Gasteiger partial charge in [0.1, 0.15) is 5.75 Å². The van der Waals surface area contributed by atoms with Gasteiger partial charge in [0.15, 0.2) is 0 Å². The number of anilines is 1. The van der Waals surface area contributed by atoms with Crippen LogP contribution in [-0.4, -0.2) is 12.2 Å². The number of rotatable bonds is 5. The van der Waals surface area contributed by atoms with Crippen LogP contribution in [0.5, 0.6) is 5.75 Å². The number of nitrogens with one attached hydrogen (secondary N) is 1. The monoisotopic (exact) mass is 257 g/mol. The number of benzene rings is 2. The maximum Gasteiger partial charge on any atom is 0.119 e. The predicted octanol–water partition coefficient (Wildman–Crippen LogP) is 3.36. The average Bonchev–Trinajstić information content (AvgIpc) is 2.48. The Bertz CT molecular complexity index is 523. The Labute approximate surface area is 113 Å². The van der Waals surface area contributed by atoms with Gasteiger partial charge in [0.2, 0.25) is 0 Å². The van der Waals surface area contributed by atoms with Crippen molar-refractivity contribution in [2.45, 2.75) is 19.6 Å². The summed E-state index contributed by atoms with van der Waals surface area (Å²) in [6, 6.07) is 16.0. The van der Waals surface area contributed by atoms with Gasteiger partial charge in [0.05, 0.1) is 13.7 Å². The summed E-state index contributed by atoms with van der Waals surface area (Å²) in [5.41, 5.74) is 3.12. The number of aliphatic hydroxyl groups excluding tert-OH is 1. The van der Waals surface area contributed by atoms with Crippen LogP contribution in [0.2, 0.25) is 0 Å². The van der Waals surface area contributed by atoms with Gasteiger partial charge in [-0.1, -0.05) is 24.3 Å². The van der Waals surface area contributed by atoms with Gasteiger partial charge in [-0.3, -0.25) is 0 Å². The highest BCUT2D eigenvalue weighted by Crippen LogP contribution is 2.22. The molecule has 2 aromatic carbocycles. The fourth-order valence-corrected chi connectivity index (χ4v) is 1.95. The van der Waals surface area contributed by atoms with E-state index in [1.54, 1.807) is 7.11 Å². The Kier molecular flexibility index (Phi) is 4.42. The Morgan fingerprint density at radius 1 is 1.16 bits per heavy atom. The molecule has 0 saturated heterocycles. The Morgan fingerprint density at radius 2 is 1.89 bits per heavy atom.